The third-order valence-corrected chi connectivity index (χ3v) is 3.70. The molecule has 2 nitrogen and oxygen atoms in total. The van der Waals surface area contributed by atoms with E-state index >= 15 is 0 Å². The van der Waals surface area contributed by atoms with Gasteiger partial charge in [0.1, 0.15) is 0 Å². The van der Waals surface area contributed by atoms with Crippen molar-refractivity contribution < 1.29 is 0 Å². The maximum absolute atomic E-state index is 5.72. The van der Waals surface area contributed by atoms with Crippen LogP contribution in [-0.2, 0) is 0 Å². The standard InChI is InChI=1S/C11H7BrN2S/c12-7-3-1-6-2-4-9-10(8(6)5-7)14-11(13)15-9/h1-5H,(H2,13,14). The molecule has 0 atom stereocenters. The molecule has 1 heterocycles. The van der Waals surface area contributed by atoms with Crippen LogP contribution < -0.4 is 5.73 Å². The molecule has 3 aromatic rings. The maximum Gasteiger partial charge on any atom is 0.181 e. The van der Waals surface area contributed by atoms with Gasteiger partial charge in [-0.15, -0.1) is 0 Å². The number of nitrogens with two attached hydrogens (primary N) is 1. The van der Waals surface area contributed by atoms with Crippen molar-refractivity contribution in [2.45, 2.75) is 0 Å². The lowest BCUT2D eigenvalue weighted by Gasteiger charge is -1.98. The van der Waals surface area contributed by atoms with Gasteiger partial charge in [-0.1, -0.05) is 39.4 Å². The van der Waals surface area contributed by atoms with Gasteiger partial charge in [0, 0.05) is 9.86 Å². The zero-order valence-electron chi connectivity index (χ0n) is 7.70. The molecule has 0 saturated carbocycles. The highest BCUT2D eigenvalue weighted by atomic mass is 79.9. The number of hydrogen-bond donors (Lipinski definition) is 1. The highest BCUT2D eigenvalue weighted by molar-refractivity contribution is 9.10. The molecular formula is C11H7BrN2S. The van der Waals surface area contributed by atoms with E-state index in [0.29, 0.717) is 5.13 Å². The zero-order valence-corrected chi connectivity index (χ0v) is 10.1. The van der Waals surface area contributed by atoms with E-state index in [1.54, 1.807) is 0 Å². The second-order valence-electron chi connectivity index (χ2n) is 3.33. The Morgan fingerprint density at radius 3 is 2.87 bits per heavy atom. The number of rotatable bonds is 0. The fraction of sp³-hybridized carbons (Fsp3) is 0. The fourth-order valence-corrected chi connectivity index (χ4v) is 2.81. The van der Waals surface area contributed by atoms with E-state index in [2.05, 4.69) is 45.2 Å². The summed E-state index contributed by atoms with van der Waals surface area (Å²) in [6.45, 7) is 0. The Kier molecular flexibility index (Phi) is 1.94. The van der Waals surface area contributed by atoms with E-state index in [1.807, 2.05) is 6.07 Å². The molecule has 15 heavy (non-hydrogen) atoms. The van der Waals surface area contributed by atoms with Gasteiger partial charge >= 0.3 is 0 Å². The number of fused-ring (bicyclic) bond motifs is 3. The van der Waals surface area contributed by atoms with E-state index < -0.39 is 0 Å². The molecule has 0 bridgehead atoms. The molecule has 0 unspecified atom stereocenters. The number of thiazole rings is 1. The van der Waals surface area contributed by atoms with Gasteiger partial charge in [-0.05, 0) is 23.6 Å². The summed E-state index contributed by atoms with van der Waals surface area (Å²) in [5.74, 6) is 0. The SMILES string of the molecule is Nc1nc2c(ccc3ccc(Br)cc32)s1. The number of aromatic nitrogens is 1. The van der Waals surface area contributed by atoms with Crippen molar-refractivity contribution in [1.82, 2.24) is 4.98 Å². The summed E-state index contributed by atoms with van der Waals surface area (Å²) in [5.41, 5.74) is 6.71. The van der Waals surface area contributed by atoms with Gasteiger partial charge in [-0.25, -0.2) is 4.98 Å². The number of anilines is 1. The predicted octanol–water partition coefficient (Wildman–Crippen LogP) is 3.79. The summed E-state index contributed by atoms with van der Waals surface area (Å²) in [4.78, 5) is 4.36. The largest absolute Gasteiger partial charge is 0.375 e. The molecule has 0 aliphatic rings. The molecule has 0 spiro atoms. The summed E-state index contributed by atoms with van der Waals surface area (Å²) in [6, 6.07) is 10.4. The molecule has 1 aromatic heterocycles. The Morgan fingerprint density at radius 1 is 1.20 bits per heavy atom. The number of nitrogen functional groups attached to an aromatic ring is 1. The zero-order chi connectivity index (χ0) is 10.4. The lowest BCUT2D eigenvalue weighted by atomic mass is 10.1. The van der Waals surface area contributed by atoms with Crippen molar-refractivity contribution in [2.24, 2.45) is 0 Å². The third kappa shape index (κ3) is 1.41. The summed E-state index contributed by atoms with van der Waals surface area (Å²) in [7, 11) is 0. The lowest BCUT2D eigenvalue weighted by molar-refractivity contribution is 1.51. The van der Waals surface area contributed by atoms with Gasteiger partial charge < -0.3 is 5.73 Å². The molecule has 2 aromatic carbocycles. The van der Waals surface area contributed by atoms with Crippen LogP contribution in [0.3, 0.4) is 0 Å². The van der Waals surface area contributed by atoms with E-state index in [1.165, 1.54) is 16.7 Å². The van der Waals surface area contributed by atoms with E-state index in [4.69, 9.17) is 5.73 Å². The van der Waals surface area contributed by atoms with Crippen LogP contribution in [0.4, 0.5) is 5.13 Å². The van der Waals surface area contributed by atoms with Crippen LogP contribution >= 0.6 is 27.3 Å². The Labute approximate surface area is 98.9 Å². The minimum absolute atomic E-state index is 0.623. The molecule has 0 fully saturated rings. The number of hydrogen-bond acceptors (Lipinski definition) is 3. The second kappa shape index (κ2) is 3.18. The minimum Gasteiger partial charge on any atom is -0.375 e. The van der Waals surface area contributed by atoms with E-state index in [0.717, 1.165) is 20.1 Å². The van der Waals surface area contributed by atoms with Crippen molar-refractivity contribution in [3.05, 3.63) is 34.8 Å². The summed E-state index contributed by atoms with van der Waals surface area (Å²) in [5, 5.41) is 2.96. The van der Waals surface area contributed by atoms with Crippen molar-refractivity contribution in [3.8, 4) is 0 Å². The van der Waals surface area contributed by atoms with Crippen molar-refractivity contribution in [3.63, 3.8) is 0 Å². The quantitative estimate of drug-likeness (QED) is 0.680. The minimum atomic E-state index is 0.623. The van der Waals surface area contributed by atoms with Crippen LogP contribution in [0.25, 0.3) is 21.0 Å². The average molecular weight is 279 g/mol. The van der Waals surface area contributed by atoms with Crippen LogP contribution in [0.5, 0.6) is 0 Å². The molecule has 0 aliphatic carbocycles. The molecule has 2 N–H and O–H groups in total. The molecule has 0 saturated heterocycles. The van der Waals surface area contributed by atoms with Crippen LogP contribution in [0, 0.1) is 0 Å². The van der Waals surface area contributed by atoms with Crippen molar-refractivity contribution >= 4 is 53.4 Å². The van der Waals surface area contributed by atoms with Crippen LogP contribution in [0.15, 0.2) is 34.8 Å². The number of halogens is 1. The van der Waals surface area contributed by atoms with Gasteiger partial charge in [-0.2, -0.15) is 0 Å². The van der Waals surface area contributed by atoms with Crippen LogP contribution in [-0.4, -0.2) is 4.98 Å². The molecule has 4 heteroatoms. The molecular weight excluding hydrogens is 272 g/mol. The fourth-order valence-electron chi connectivity index (χ4n) is 1.70. The summed E-state index contributed by atoms with van der Waals surface area (Å²) < 4.78 is 2.20. The molecule has 74 valence electrons. The smallest absolute Gasteiger partial charge is 0.181 e. The Balaban J connectivity index is 2.56. The van der Waals surface area contributed by atoms with E-state index in [9.17, 15) is 0 Å². The first-order valence-corrected chi connectivity index (χ1v) is 6.09. The summed E-state index contributed by atoms with van der Waals surface area (Å²) in [6.07, 6.45) is 0. The highest BCUT2D eigenvalue weighted by Gasteiger charge is 2.05. The highest BCUT2D eigenvalue weighted by Crippen LogP contribution is 2.31. The normalized spacial score (nSPS) is 11.3. The number of nitrogens with zero attached hydrogens (tertiary/aromatic N) is 1. The van der Waals surface area contributed by atoms with Crippen LogP contribution in [0.2, 0.25) is 0 Å². The first-order chi connectivity index (χ1) is 7.24. The monoisotopic (exact) mass is 278 g/mol. The van der Waals surface area contributed by atoms with Crippen LogP contribution in [0.1, 0.15) is 0 Å². The van der Waals surface area contributed by atoms with Crippen molar-refractivity contribution in [1.29, 1.82) is 0 Å². The number of benzene rings is 2. The molecule has 3 rings (SSSR count). The van der Waals surface area contributed by atoms with Gasteiger partial charge in [0.2, 0.25) is 0 Å². The topological polar surface area (TPSA) is 38.9 Å². The lowest BCUT2D eigenvalue weighted by Crippen LogP contribution is -1.80. The van der Waals surface area contributed by atoms with Crippen molar-refractivity contribution in [2.75, 3.05) is 5.73 Å². The first-order valence-electron chi connectivity index (χ1n) is 4.48. The van der Waals surface area contributed by atoms with Gasteiger partial charge in [0.25, 0.3) is 0 Å². The Hall–Kier alpha value is -1.13. The third-order valence-electron chi connectivity index (χ3n) is 2.35. The second-order valence-corrected chi connectivity index (χ2v) is 5.31. The Bertz CT molecular complexity index is 660. The maximum atomic E-state index is 5.72. The molecule has 0 amide bonds. The predicted molar refractivity (Wildman–Crippen MR) is 69.2 cm³/mol. The van der Waals surface area contributed by atoms with E-state index in [-0.39, 0.29) is 0 Å². The van der Waals surface area contributed by atoms with Gasteiger partial charge in [0.05, 0.1) is 10.2 Å². The first kappa shape index (κ1) is 9.12. The van der Waals surface area contributed by atoms with Gasteiger partial charge in [0.15, 0.2) is 5.13 Å². The average Bonchev–Trinajstić information content (AvgIpc) is 2.58. The summed E-state index contributed by atoms with van der Waals surface area (Å²) >= 11 is 4.99. The van der Waals surface area contributed by atoms with Gasteiger partial charge in [-0.3, -0.25) is 0 Å². The Morgan fingerprint density at radius 2 is 2.00 bits per heavy atom. The molecule has 0 aliphatic heterocycles. The molecule has 0 radical (unpaired) electrons.